The third kappa shape index (κ3) is 3.04. The first-order valence-electron chi connectivity index (χ1n) is 7.54. The topological polar surface area (TPSA) is 53.4 Å². The summed E-state index contributed by atoms with van der Waals surface area (Å²) < 4.78 is 0. The molecule has 5 heteroatoms. The Balaban J connectivity index is 1.64. The summed E-state index contributed by atoms with van der Waals surface area (Å²) in [5.74, 6) is -0.0671. The van der Waals surface area contributed by atoms with Gasteiger partial charge in [-0.15, -0.1) is 11.3 Å². The Hall–Kier alpha value is -0.940. The van der Waals surface area contributed by atoms with E-state index < -0.39 is 5.97 Å². The summed E-state index contributed by atoms with van der Waals surface area (Å²) in [5.41, 5.74) is 1.30. The number of carboxylic acids is 1. The number of aliphatic carboxylic acids is 1. The second kappa shape index (κ2) is 5.82. The van der Waals surface area contributed by atoms with E-state index in [4.69, 9.17) is 10.1 Å². The Morgan fingerprint density at radius 1 is 1.50 bits per heavy atom. The number of piperidine rings is 1. The summed E-state index contributed by atoms with van der Waals surface area (Å²) in [6.45, 7) is 4.82. The molecule has 110 valence electrons. The Kier molecular flexibility index (Phi) is 4.08. The second-order valence-electron chi connectivity index (χ2n) is 6.24. The zero-order chi connectivity index (χ0) is 14.1. The average molecular weight is 294 g/mol. The first-order chi connectivity index (χ1) is 9.61. The van der Waals surface area contributed by atoms with Gasteiger partial charge >= 0.3 is 5.97 Å². The number of carboxylic acid groups (broad SMARTS) is 1. The average Bonchev–Trinajstić information content (AvgIpc) is 2.80. The van der Waals surface area contributed by atoms with Gasteiger partial charge in [-0.2, -0.15) is 0 Å². The van der Waals surface area contributed by atoms with Crippen LogP contribution in [-0.2, 0) is 24.2 Å². The minimum Gasteiger partial charge on any atom is -0.481 e. The van der Waals surface area contributed by atoms with E-state index in [2.05, 4.69) is 11.8 Å². The molecule has 1 saturated heterocycles. The summed E-state index contributed by atoms with van der Waals surface area (Å²) in [6, 6.07) is 0. The van der Waals surface area contributed by atoms with Crippen LogP contribution < -0.4 is 0 Å². The lowest BCUT2D eigenvalue weighted by atomic mass is 9.93. The molecule has 0 amide bonds. The number of thiazole rings is 1. The summed E-state index contributed by atoms with van der Waals surface area (Å²) in [7, 11) is 0. The minimum atomic E-state index is -0.651. The van der Waals surface area contributed by atoms with Crippen LogP contribution >= 0.6 is 11.3 Å². The van der Waals surface area contributed by atoms with E-state index in [-0.39, 0.29) is 5.92 Å². The van der Waals surface area contributed by atoms with Crippen LogP contribution in [0.5, 0.6) is 0 Å². The number of carbonyl (C=O) groups is 1. The van der Waals surface area contributed by atoms with E-state index in [0.717, 1.165) is 38.3 Å². The molecule has 0 bridgehead atoms. The van der Waals surface area contributed by atoms with Crippen LogP contribution in [0.25, 0.3) is 0 Å². The Morgan fingerprint density at radius 3 is 3.15 bits per heavy atom. The molecule has 3 rings (SSSR count). The molecule has 1 N–H and O–H groups in total. The molecule has 1 aromatic heterocycles. The molecular formula is C15H22N2O2S. The third-order valence-electron chi connectivity index (χ3n) is 4.44. The largest absolute Gasteiger partial charge is 0.481 e. The highest BCUT2D eigenvalue weighted by atomic mass is 32.1. The second-order valence-corrected chi connectivity index (χ2v) is 7.41. The number of fused-ring (bicyclic) bond motifs is 1. The lowest BCUT2D eigenvalue weighted by Crippen LogP contribution is -2.38. The maximum absolute atomic E-state index is 11.1. The summed E-state index contributed by atoms with van der Waals surface area (Å²) in [4.78, 5) is 19.6. The van der Waals surface area contributed by atoms with Gasteiger partial charge in [-0.3, -0.25) is 9.69 Å². The molecule has 1 aliphatic heterocycles. The van der Waals surface area contributed by atoms with Crippen molar-refractivity contribution in [2.45, 2.75) is 45.6 Å². The van der Waals surface area contributed by atoms with E-state index in [1.54, 1.807) is 0 Å². The normalized spacial score (nSPS) is 27.2. The van der Waals surface area contributed by atoms with Crippen molar-refractivity contribution in [2.75, 3.05) is 13.1 Å². The fourth-order valence-corrected chi connectivity index (χ4v) is 4.57. The SMILES string of the molecule is CC1CCc2nc(CN3CCCC(C(=O)O)C3)sc2C1. The van der Waals surface area contributed by atoms with Crippen molar-refractivity contribution >= 4 is 17.3 Å². The maximum Gasteiger partial charge on any atom is 0.307 e. The number of hydrogen-bond acceptors (Lipinski definition) is 4. The summed E-state index contributed by atoms with van der Waals surface area (Å²) >= 11 is 1.84. The Morgan fingerprint density at radius 2 is 2.35 bits per heavy atom. The molecule has 4 nitrogen and oxygen atoms in total. The van der Waals surface area contributed by atoms with Crippen molar-refractivity contribution in [2.24, 2.45) is 11.8 Å². The zero-order valence-electron chi connectivity index (χ0n) is 12.0. The number of rotatable bonds is 3. The number of nitrogens with zero attached hydrogens (tertiary/aromatic N) is 2. The van der Waals surface area contributed by atoms with E-state index in [1.807, 2.05) is 11.3 Å². The van der Waals surface area contributed by atoms with Gasteiger partial charge in [0.1, 0.15) is 5.01 Å². The standard InChI is InChI=1S/C15H22N2O2S/c1-10-4-5-12-13(7-10)20-14(16-12)9-17-6-2-3-11(8-17)15(18)19/h10-11H,2-9H2,1H3,(H,18,19). The zero-order valence-corrected chi connectivity index (χ0v) is 12.8. The first kappa shape index (κ1) is 14.0. The highest BCUT2D eigenvalue weighted by molar-refractivity contribution is 7.11. The van der Waals surface area contributed by atoms with Crippen LogP contribution in [0.3, 0.4) is 0 Å². The van der Waals surface area contributed by atoms with Gasteiger partial charge in [0.15, 0.2) is 0 Å². The highest BCUT2D eigenvalue weighted by Gasteiger charge is 2.26. The van der Waals surface area contributed by atoms with Gasteiger partial charge in [0.05, 0.1) is 18.2 Å². The van der Waals surface area contributed by atoms with Crippen LogP contribution in [0, 0.1) is 11.8 Å². The molecule has 2 aliphatic rings. The van der Waals surface area contributed by atoms with Crippen LogP contribution in [0.2, 0.25) is 0 Å². The van der Waals surface area contributed by atoms with Crippen molar-refractivity contribution in [3.05, 3.63) is 15.6 Å². The van der Waals surface area contributed by atoms with Crippen LogP contribution in [0.1, 0.15) is 41.8 Å². The Bertz CT molecular complexity index is 500. The highest BCUT2D eigenvalue weighted by Crippen LogP contribution is 2.30. The molecule has 0 radical (unpaired) electrons. The van der Waals surface area contributed by atoms with Crippen molar-refractivity contribution in [1.82, 2.24) is 9.88 Å². The fraction of sp³-hybridized carbons (Fsp3) is 0.733. The number of hydrogen-bond donors (Lipinski definition) is 1. The van der Waals surface area contributed by atoms with Crippen molar-refractivity contribution < 1.29 is 9.90 Å². The molecule has 1 aromatic rings. The first-order valence-corrected chi connectivity index (χ1v) is 8.36. The quantitative estimate of drug-likeness (QED) is 0.931. The van der Waals surface area contributed by atoms with E-state index in [1.165, 1.54) is 28.4 Å². The lowest BCUT2D eigenvalue weighted by Gasteiger charge is -2.29. The lowest BCUT2D eigenvalue weighted by molar-refractivity contribution is -0.143. The van der Waals surface area contributed by atoms with Gasteiger partial charge in [0.2, 0.25) is 0 Å². The van der Waals surface area contributed by atoms with Gasteiger partial charge in [0, 0.05) is 11.4 Å². The predicted molar refractivity (Wildman–Crippen MR) is 78.9 cm³/mol. The number of likely N-dealkylation sites (tertiary alicyclic amines) is 1. The van der Waals surface area contributed by atoms with Gasteiger partial charge in [-0.1, -0.05) is 6.92 Å². The summed E-state index contributed by atoms with van der Waals surface area (Å²) in [5, 5.41) is 10.3. The van der Waals surface area contributed by atoms with Gasteiger partial charge in [0.25, 0.3) is 0 Å². The van der Waals surface area contributed by atoms with Gasteiger partial charge < -0.3 is 5.11 Å². The number of aryl methyl sites for hydroxylation is 1. The van der Waals surface area contributed by atoms with Crippen molar-refractivity contribution in [3.63, 3.8) is 0 Å². The molecule has 0 aromatic carbocycles. The molecule has 2 atom stereocenters. The Labute approximate surface area is 123 Å². The maximum atomic E-state index is 11.1. The van der Waals surface area contributed by atoms with Crippen LogP contribution in [0.15, 0.2) is 0 Å². The fourth-order valence-electron chi connectivity index (χ4n) is 3.25. The van der Waals surface area contributed by atoms with E-state index >= 15 is 0 Å². The van der Waals surface area contributed by atoms with Crippen LogP contribution in [-0.4, -0.2) is 34.0 Å². The summed E-state index contributed by atoms with van der Waals surface area (Å²) in [6.07, 6.45) is 5.34. The molecule has 1 fully saturated rings. The smallest absolute Gasteiger partial charge is 0.307 e. The third-order valence-corrected chi connectivity index (χ3v) is 5.55. The monoisotopic (exact) mass is 294 g/mol. The molecule has 0 spiro atoms. The molecular weight excluding hydrogens is 272 g/mol. The van der Waals surface area contributed by atoms with Crippen molar-refractivity contribution in [3.8, 4) is 0 Å². The van der Waals surface area contributed by atoms with E-state index in [9.17, 15) is 4.79 Å². The van der Waals surface area contributed by atoms with Crippen LogP contribution in [0.4, 0.5) is 0 Å². The molecule has 2 heterocycles. The minimum absolute atomic E-state index is 0.196. The predicted octanol–water partition coefficient (Wildman–Crippen LogP) is 2.56. The van der Waals surface area contributed by atoms with Gasteiger partial charge in [-0.05, 0) is 44.6 Å². The van der Waals surface area contributed by atoms with E-state index in [0.29, 0.717) is 6.54 Å². The molecule has 20 heavy (non-hydrogen) atoms. The molecule has 2 unspecified atom stereocenters. The molecule has 0 saturated carbocycles. The van der Waals surface area contributed by atoms with Gasteiger partial charge in [-0.25, -0.2) is 4.98 Å². The van der Waals surface area contributed by atoms with Crippen molar-refractivity contribution in [1.29, 1.82) is 0 Å². The number of aromatic nitrogens is 1. The molecule has 1 aliphatic carbocycles.